The number of hydrogen-bond donors (Lipinski definition) is 1. The maximum absolute atomic E-state index is 12.8. The number of esters is 1. The second-order valence-electron chi connectivity index (χ2n) is 10.0. The van der Waals surface area contributed by atoms with E-state index in [4.69, 9.17) is 9.47 Å². The number of carboxylic acids is 1. The van der Waals surface area contributed by atoms with Crippen LogP contribution in [0.3, 0.4) is 0 Å². The first-order valence-electron chi connectivity index (χ1n) is 12.4. The van der Waals surface area contributed by atoms with Gasteiger partial charge in [0.1, 0.15) is 18.0 Å². The second-order valence-corrected chi connectivity index (χ2v) is 11.0. The Balaban J connectivity index is 1.38. The van der Waals surface area contributed by atoms with E-state index < -0.39 is 23.5 Å². The highest BCUT2D eigenvalue weighted by Crippen LogP contribution is 2.22. The van der Waals surface area contributed by atoms with Crippen molar-refractivity contribution in [1.82, 2.24) is 4.57 Å². The number of ether oxygens (including phenoxy) is 2. The normalized spacial score (nSPS) is 12.2. The van der Waals surface area contributed by atoms with Crippen LogP contribution in [-0.2, 0) is 27.3 Å². The number of aliphatic carboxylic acids is 1. The van der Waals surface area contributed by atoms with E-state index in [1.807, 2.05) is 18.2 Å². The number of aromatic nitrogens is 1. The van der Waals surface area contributed by atoms with Crippen LogP contribution in [0.2, 0.25) is 0 Å². The van der Waals surface area contributed by atoms with Crippen LogP contribution in [0.1, 0.15) is 42.3 Å². The highest BCUT2D eigenvalue weighted by atomic mass is 32.1. The number of hydrogen-bond acceptors (Lipinski definition) is 7. The number of carbonyl (C=O) groups excluding carboxylic acids is 2. The van der Waals surface area contributed by atoms with Crippen LogP contribution in [0, 0.1) is 5.92 Å². The van der Waals surface area contributed by atoms with E-state index in [9.17, 15) is 24.3 Å². The van der Waals surface area contributed by atoms with Gasteiger partial charge in [0, 0.05) is 11.1 Å². The predicted octanol–water partition coefficient (Wildman–Crippen LogP) is 4.96. The van der Waals surface area contributed by atoms with Crippen molar-refractivity contribution in [3.05, 3.63) is 99.2 Å². The van der Waals surface area contributed by atoms with Crippen molar-refractivity contribution in [2.45, 2.75) is 39.3 Å². The molecule has 1 atom stereocenters. The monoisotopic (exact) mass is 547 g/mol. The third kappa shape index (κ3) is 7.00. The Kier molecular flexibility index (Phi) is 8.30. The van der Waals surface area contributed by atoms with Gasteiger partial charge in [-0.05, 0) is 63.1 Å². The minimum atomic E-state index is -1.31. The lowest BCUT2D eigenvalue weighted by molar-refractivity contribution is -0.166. The zero-order valence-electron chi connectivity index (χ0n) is 21.9. The number of rotatable bonds is 10. The molecule has 0 spiro atoms. The van der Waals surface area contributed by atoms with Gasteiger partial charge in [0.2, 0.25) is 0 Å². The fraction of sp³-hybridized carbons (Fsp3) is 0.267. The van der Waals surface area contributed by atoms with Crippen molar-refractivity contribution in [1.29, 1.82) is 0 Å². The Morgan fingerprint density at radius 1 is 0.949 bits per heavy atom. The van der Waals surface area contributed by atoms with Gasteiger partial charge in [-0.3, -0.25) is 23.7 Å². The highest BCUT2D eigenvalue weighted by Gasteiger charge is 2.31. The van der Waals surface area contributed by atoms with Crippen molar-refractivity contribution >= 4 is 39.3 Å². The molecule has 0 saturated carbocycles. The van der Waals surface area contributed by atoms with Crippen molar-refractivity contribution in [3.63, 3.8) is 0 Å². The summed E-state index contributed by atoms with van der Waals surface area (Å²) in [5, 5.41) is 9.49. The summed E-state index contributed by atoms with van der Waals surface area (Å²) >= 11 is 1.08. The first-order chi connectivity index (χ1) is 18.5. The molecule has 0 radical (unpaired) electrons. The maximum atomic E-state index is 12.8. The zero-order chi connectivity index (χ0) is 28.2. The van der Waals surface area contributed by atoms with E-state index in [2.05, 4.69) is 0 Å². The summed E-state index contributed by atoms with van der Waals surface area (Å²) in [6, 6.07) is 21.0. The summed E-state index contributed by atoms with van der Waals surface area (Å²) in [6.45, 7) is 5.60. The lowest BCUT2D eigenvalue weighted by atomic mass is 9.99. The molecule has 8 nitrogen and oxygen atoms in total. The smallest absolute Gasteiger partial charge is 0.321 e. The standard InChI is InChI=1S/C30H29NO7S/c1-30(2,3)38-28(35)23(27(33)34)17-19-9-12-22(13-10-19)37-16-15-31-24-14-11-21(18-25(24)39-29(31)36)26(32)20-7-5-4-6-8-20/h4-14,18,23H,15-17H2,1-3H3,(H,33,34). The molecule has 9 heteroatoms. The molecule has 0 aliphatic heterocycles. The van der Waals surface area contributed by atoms with Crippen LogP contribution in [0.15, 0.2) is 77.6 Å². The van der Waals surface area contributed by atoms with Gasteiger partial charge in [-0.2, -0.15) is 0 Å². The van der Waals surface area contributed by atoms with Gasteiger partial charge in [-0.25, -0.2) is 0 Å². The molecule has 1 aromatic heterocycles. The molecule has 4 rings (SSSR count). The fourth-order valence-corrected chi connectivity index (χ4v) is 4.99. The lowest BCUT2D eigenvalue weighted by Gasteiger charge is -2.22. The number of nitrogens with zero attached hydrogens (tertiary/aromatic N) is 1. The minimum absolute atomic E-state index is 0.00439. The predicted molar refractivity (Wildman–Crippen MR) is 149 cm³/mol. The summed E-state index contributed by atoms with van der Waals surface area (Å²) in [7, 11) is 0. The van der Waals surface area contributed by atoms with Crippen molar-refractivity contribution in [3.8, 4) is 5.75 Å². The first kappa shape index (κ1) is 27.8. The van der Waals surface area contributed by atoms with Crippen LogP contribution in [0.4, 0.5) is 0 Å². The molecule has 0 aliphatic carbocycles. The van der Waals surface area contributed by atoms with E-state index >= 15 is 0 Å². The molecule has 0 bridgehead atoms. The van der Waals surface area contributed by atoms with Gasteiger partial charge < -0.3 is 14.6 Å². The third-order valence-electron chi connectivity index (χ3n) is 5.90. The molecule has 4 aromatic rings. The number of ketones is 1. The summed E-state index contributed by atoms with van der Waals surface area (Å²) in [5.41, 5.74) is 1.72. The van der Waals surface area contributed by atoms with Gasteiger partial charge in [0.05, 0.1) is 16.8 Å². The molecule has 1 unspecified atom stereocenters. The molecule has 202 valence electrons. The SMILES string of the molecule is CC(C)(C)OC(=O)C(Cc1ccc(OCCn2c(=O)sc3cc(C(=O)c4ccccc4)ccc32)cc1)C(=O)O. The molecule has 0 saturated heterocycles. The van der Waals surface area contributed by atoms with Gasteiger partial charge in [-0.15, -0.1) is 0 Å². The number of carboxylic acid groups (broad SMARTS) is 1. The zero-order valence-corrected chi connectivity index (χ0v) is 22.7. The number of thiazole rings is 1. The molecule has 1 heterocycles. The summed E-state index contributed by atoms with van der Waals surface area (Å²) in [4.78, 5) is 49.2. The van der Waals surface area contributed by atoms with E-state index in [1.165, 1.54) is 0 Å². The van der Waals surface area contributed by atoms with Gasteiger partial charge in [0.25, 0.3) is 0 Å². The van der Waals surface area contributed by atoms with Crippen LogP contribution in [0.25, 0.3) is 10.2 Å². The highest BCUT2D eigenvalue weighted by molar-refractivity contribution is 7.16. The molecule has 0 amide bonds. The third-order valence-corrected chi connectivity index (χ3v) is 6.84. The molecular formula is C30H29NO7S. The Morgan fingerprint density at radius 3 is 2.28 bits per heavy atom. The van der Waals surface area contributed by atoms with Crippen LogP contribution >= 0.6 is 11.3 Å². The average molecular weight is 548 g/mol. The van der Waals surface area contributed by atoms with Crippen molar-refractivity contribution < 1.29 is 29.0 Å². The largest absolute Gasteiger partial charge is 0.492 e. The van der Waals surface area contributed by atoms with Gasteiger partial charge in [-0.1, -0.05) is 53.8 Å². The summed E-state index contributed by atoms with van der Waals surface area (Å²) in [6.07, 6.45) is -0.00439. The van der Waals surface area contributed by atoms with Crippen LogP contribution in [-0.4, -0.2) is 39.6 Å². The molecule has 0 fully saturated rings. The molecule has 39 heavy (non-hydrogen) atoms. The number of benzene rings is 3. The average Bonchev–Trinajstić information content (AvgIpc) is 3.21. The Bertz CT molecular complexity index is 1550. The second kappa shape index (κ2) is 11.7. The van der Waals surface area contributed by atoms with Gasteiger partial charge >= 0.3 is 16.8 Å². The first-order valence-corrected chi connectivity index (χ1v) is 13.2. The summed E-state index contributed by atoms with van der Waals surface area (Å²) < 4.78 is 13.4. The topological polar surface area (TPSA) is 112 Å². The summed E-state index contributed by atoms with van der Waals surface area (Å²) in [5.74, 6) is -2.88. The Labute approximate surface area is 229 Å². The van der Waals surface area contributed by atoms with E-state index in [0.717, 1.165) is 21.6 Å². The molecule has 3 aromatic carbocycles. The molecule has 1 N–H and O–H groups in total. The molecule has 0 aliphatic rings. The quantitative estimate of drug-likeness (QED) is 0.170. The Hall–Kier alpha value is -4.24. The van der Waals surface area contributed by atoms with Crippen molar-refractivity contribution in [2.24, 2.45) is 5.92 Å². The van der Waals surface area contributed by atoms with Crippen molar-refractivity contribution in [2.75, 3.05) is 6.61 Å². The number of fused-ring (bicyclic) bond motifs is 1. The lowest BCUT2D eigenvalue weighted by Crippen LogP contribution is -2.33. The Morgan fingerprint density at radius 2 is 1.64 bits per heavy atom. The van der Waals surface area contributed by atoms with E-state index in [0.29, 0.717) is 29.0 Å². The van der Waals surface area contributed by atoms with E-state index in [1.54, 1.807) is 79.9 Å². The van der Waals surface area contributed by atoms with Crippen LogP contribution in [0.5, 0.6) is 5.75 Å². The minimum Gasteiger partial charge on any atom is -0.492 e. The maximum Gasteiger partial charge on any atom is 0.321 e. The molecular weight excluding hydrogens is 518 g/mol. The number of carbonyl (C=O) groups is 3. The van der Waals surface area contributed by atoms with Crippen LogP contribution < -0.4 is 9.61 Å². The fourth-order valence-electron chi connectivity index (χ4n) is 4.03. The van der Waals surface area contributed by atoms with E-state index in [-0.39, 0.29) is 23.7 Å². The van der Waals surface area contributed by atoms with Gasteiger partial charge in [0.15, 0.2) is 11.7 Å².